The molecule has 0 aliphatic rings. The summed E-state index contributed by atoms with van der Waals surface area (Å²) in [5, 5.41) is 2.82. The Morgan fingerprint density at radius 3 is 2.50 bits per heavy atom. The van der Waals surface area contributed by atoms with Crippen LogP contribution in [0.4, 0.5) is 5.69 Å². The lowest BCUT2D eigenvalue weighted by Crippen LogP contribution is -2.31. The fourth-order valence-electron chi connectivity index (χ4n) is 2.31. The van der Waals surface area contributed by atoms with E-state index in [1.807, 2.05) is 42.5 Å². The van der Waals surface area contributed by atoms with Gasteiger partial charge >= 0.3 is 0 Å². The molecule has 0 aliphatic heterocycles. The normalized spacial score (nSPS) is 10.1. The monoisotopic (exact) mass is 326 g/mol. The molecule has 0 atom stereocenters. The van der Waals surface area contributed by atoms with Gasteiger partial charge in [-0.25, -0.2) is 0 Å². The van der Waals surface area contributed by atoms with Gasteiger partial charge in [0.05, 0.1) is 7.11 Å². The number of anilines is 1. The topological polar surface area (TPSA) is 58.6 Å². The smallest absolute Gasteiger partial charge is 0.226 e. The van der Waals surface area contributed by atoms with Crippen molar-refractivity contribution >= 4 is 17.5 Å². The van der Waals surface area contributed by atoms with Crippen molar-refractivity contribution in [1.82, 2.24) is 4.90 Å². The zero-order valence-corrected chi connectivity index (χ0v) is 14.0. The predicted octanol–water partition coefficient (Wildman–Crippen LogP) is 3.07. The average Bonchev–Trinajstić information content (AvgIpc) is 2.59. The number of rotatable bonds is 7. The molecule has 5 heteroatoms. The third-order valence-corrected chi connectivity index (χ3v) is 3.62. The quantitative estimate of drug-likeness (QED) is 0.850. The van der Waals surface area contributed by atoms with E-state index in [2.05, 4.69) is 5.32 Å². The van der Waals surface area contributed by atoms with Gasteiger partial charge in [0.1, 0.15) is 5.75 Å². The number of ether oxygens (including phenoxy) is 1. The molecule has 0 unspecified atom stereocenters. The fraction of sp³-hybridized carbons (Fsp3) is 0.263. The molecule has 0 aliphatic carbocycles. The lowest BCUT2D eigenvalue weighted by Gasteiger charge is -2.21. The molecule has 0 aromatic heterocycles. The van der Waals surface area contributed by atoms with Crippen LogP contribution in [0.2, 0.25) is 0 Å². The number of nitrogens with zero attached hydrogens (tertiary/aromatic N) is 1. The van der Waals surface area contributed by atoms with Gasteiger partial charge < -0.3 is 15.0 Å². The molecule has 0 heterocycles. The van der Waals surface area contributed by atoms with Crippen LogP contribution in [0.5, 0.6) is 5.75 Å². The summed E-state index contributed by atoms with van der Waals surface area (Å²) in [4.78, 5) is 25.5. The first-order chi connectivity index (χ1) is 11.6. The molecule has 0 bridgehead atoms. The number of hydrogen-bond acceptors (Lipinski definition) is 3. The number of nitrogens with one attached hydrogen (secondary N) is 1. The van der Waals surface area contributed by atoms with Crippen molar-refractivity contribution < 1.29 is 14.3 Å². The Hall–Kier alpha value is -2.82. The van der Waals surface area contributed by atoms with Crippen LogP contribution in [-0.2, 0) is 16.1 Å². The van der Waals surface area contributed by atoms with Gasteiger partial charge in [-0.2, -0.15) is 0 Å². The summed E-state index contributed by atoms with van der Waals surface area (Å²) in [6.07, 6.45) is 0.240. The Balaban J connectivity index is 1.89. The zero-order chi connectivity index (χ0) is 17.4. The summed E-state index contributed by atoms with van der Waals surface area (Å²) in [7, 11) is 1.58. The lowest BCUT2D eigenvalue weighted by molar-refractivity contribution is -0.129. The second-order valence-corrected chi connectivity index (χ2v) is 5.46. The zero-order valence-electron chi connectivity index (χ0n) is 14.0. The van der Waals surface area contributed by atoms with E-state index in [1.165, 1.54) is 6.92 Å². The van der Waals surface area contributed by atoms with Crippen LogP contribution >= 0.6 is 0 Å². The molecular weight excluding hydrogens is 304 g/mol. The van der Waals surface area contributed by atoms with Crippen LogP contribution in [0.25, 0.3) is 0 Å². The Morgan fingerprint density at radius 2 is 1.83 bits per heavy atom. The van der Waals surface area contributed by atoms with E-state index in [4.69, 9.17) is 4.74 Å². The van der Waals surface area contributed by atoms with Crippen LogP contribution in [-0.4, -0.2) is 30.4 Å². The third kappa shape index (κ3) is 5.43. The van der Waals surface area contributed by atoms with Crippen LogP contribution in [0.1, 0.15) is 18.9 Å². The van der Waals surface area contributed by atoms with Crippen molar-refractivity contribution in [3.63, 3.8) is 0 Å². The number of benzene rings is 2. The highest BCUT2D eigenvalue weighted by Crippen LogP contribution is 2.17. The first-order valence-corrected chi connectivity index (χ1v) is 7.82. The molecule has 5 nitrogen and oxygen atoms in total. The highest BCUT2D eigenvalue weighted by Gasteiger charge is 2.12. The molecule has 2 aromatic carbocycles. The molecule has 0 radical (unpaired) electrons. The van der Waals surface area contributed by atoms with Crippen molar-refractivity contribution in [2.75, 3.05) is 19.0 Å². The highest BCUT2D eigenvalue weighted by molar-refractivity contribution is 5.91. The molecule has 0 fully saturated rings. The van der Waals surface area contributed by atoms with Crippen molar-refractivity contribution in [2.24, 2.45) is 0 Å². The maximum atomic E-state index is 12.1. The van der Waals surface area contributed by atoms with E-state index in [0.29, 0.717) is 24.5 Å². The molecule has 2 rings (SSSR count). The Morgan fingerprint density at radius 1 is 1.08 bits per heavy atom. The number of amides is 2. The minimum Gasteiger partial charge on any atom is -0.497 e. The van der Waals surface area contributed by atoms with Crippen molar-refractivity contribution in [2.45, 2.75) is 19.9 Å². The number of carbonyl (C=O) groups excluding carboxylic acids is 2. The van der Waals surface area contributed by atoms with E-state index >= 15 is 0 Å². The van der Waals surface area contributed by atoms with Crippen molar-refractivity contribution in [3.05, 3.63) is 60.2 Å². The molecule has 24 heavy (non-hydrogen) atoms. The van der Waals surface area contributed by atoms with E-state index in [-0.39, 0.29) is 18.2 Å². The van der Waals surface area contributed by atoms with Crippen LogP contribution < -0.4 is 10.1 Å². The van der Waals surface area contributed by atoms with Gasteiger partial charge in [-0.1, -0.05) is 36.4 Å². The predicted molar refractivity (Wildman–Crippen MR) is 93.8 cm³/mol. The summed E-state index contributed by atoms with van der Waals surface area (Å²) >= 11 is 0. The second-order valence-electron chi connectivity index (χ2n) is 5.46. The largest absolute Gasteiger partial charge is 0.497 e. The SMILES string of the molecule is COc1cccc(NC(=O)CCN(Cc2ccccc2)C(C)=O)c1. The minimum atomic E-state index is -0.137. The van der Waals surface area contributed by atoms with Crippen LogP contribution in [0.3, 0.4) is 0 Å². The Labute approximate surface area is 142 Å². The van der Waals surface area contributed by atoms with E-state index in [1.54, 1.807) is 24.1 Å². The molecule has 0 saturated heterocycles. The van der Waals surface area contributed by atoms with Gasteiger partial charge in [-0.15, -0.1) is 0 Å². The van der Waals surface area contributed by atoms with E-state index in [9.17, 15) is 9.59 Å². The van der Waals surface area contributed by atoms with Crippen molar-refractivity contribution in [3.8, 4) is 5.75 Å². The lowest BCUT2D eigenvalue weighted by atomic mass is 10.2. The van der Waals surface area contributed by atoms with Crippen molar-refractivity contribution in [1.29, 1.82) is 0 Å². The third-order valence-electron chi connectivity index (χ3n) is 3.62. The number of methoxy groups -OCH3 is 1. The maximum absolute atomic E-state index is 12.1. The summed E-state index contributed by atoms with van der Waals surface area (Å²) in [6, 6.07) is 16.9. The van der Waals surface area contributed by atoms with Gasteiger partial charge in [0, 0.05) is 38.2 Å². The minimum absolute atomic E-state index is 0.0481. The molecule has 0 saturated carbocycles. The molecule has 126 valence electrons. The molecule has 2 aromatic rings. The van der Waals surface area contributed by atoms with Gasteiger partial charge in [-0.05, 0) is 17.7 Å². The summed E-state index contributed by atoms with van der Waals surface area (Å²) < 4.78 is 5.13. The summed E-state index contributed by atoms with van der Waals surface area (Å²) in [5.74, 6) is 0.498. The first-order valence-electron chi connectivity index (χ1n) is 7.82. The summed E-state index contributed by atoms with van der Waals surface area (Å²) in [5.41, 5.74) is 1.72. The molecule has 2 amide bonds. The Bertz CT molecular complexity index is 686. The Kier molecular flexibility index (Phi) is 6.37. The van der Waals surface area contributed by atoms with Crippen LogP contribution in [0.15, 0.2) is 54.6 Å². The van der Waals surface area contributed by atoms with Crippen LogP contribution in [0, 0.1) is 0 Å². The van der Waals surface area contributed by atoms with E-state index < -0.39 is 0 Å². The average molecular weight is 326 g/mol. The second kappa shape index (κ2) is 8.72. The summed E-state index contributed by atoms with van der Waals surface area (Å²) in [6.45, 7) is 2.39. The van der Waals surface area contributed by atoms with Gasteiger partial charge in [-0.3, -0.25) is 9.59 Å². The van der Waals surface area contributed by atoms with Gasteiger partial charge in [0.2, 0.25) is 11.8 Å². The van der Waals surface area contributed by atoms with Gasteiger partial charge in [0.15, 0.2) is 0 Å². The molecular formula is C19H22N2O3. The number of hydrogen-bond donors (Lipinski definition) is 1. The maximum Gasteiger partial charge on any atom is 0.226 e. The number of carbonyl (C=O) groups is 2. The highest BCUT2D eigenvalue weighted by atomic mass is 16.5. The fourth-order valence-corrected chi connectivity index (χ4v) is 2.31. The van der Waals surface area contributed by atoms with E-state index in [0.717, 1.165) is 5.56 Å². The molecule has 1 N–H and O–H groups in total. The first kappa shape index (κ1) is 17.5. The molecule has 0 spiro atoms. The standard InChI is InChI=1S/C19H22N2O3/c1-15(22)21(14-16-7-4-3-5-8-16)12-11-19(23)20-17-9-6-10-18(13-17)24-2/h3-10,13H,11-12,14H2,1-2H3,(H,20,23). The van der Waals surface area contributed by atoms with Gasteiger partial charge in [0.25, 0.3) is 0 Å².